The van der Waals surface area contributed by atoms with Gasteiger partial charge in [0.2, 0.25) is 0 Å². The van der Waals surface area contributed by atoms with Gasteiger partial charge in [0.05, 0.1) is 19.1 Å². The van der Waals surface area contributed by atoms with Crippen LogP contribution in [0.4, 0.5) is 0 Å². The number of benzene rings is 1. The van der Waals surface area contributed by atoms with E-state index in [0.717, 1.165) is 0 Å². The molecule has 1 fully saturated rings. The Morgan fingerprint density at radius 2 is 1.95 bits per heavy atom. The lowest BCUT2D eigenvalue weighted by atomic mass is 10.0. The molecule has 7 heteroatoms. The highest BCUT2D eigenvalue weighted by Gasteiger charge is 2.28. The summed E-state index contributed by atoms with van der Waals surface area (Å²) in [7, 11) is 0. The molecule has 2 N–H and O–H groups in total. The van der Waals surface area contributed by atoms with E-state index in [4.69, 9.17) is 5.26 Å². The largest absolute Gasteiger partial charge is 0.344 e. The molecule has 0 atom stereocenters. The molecule has 0 bridgehead atoms. The maximum absolute atomic E-state index is 11.7. The smallest absolute Gasteiger partial charge is 0.309 e. The third-order valence-corrected chi connectivity index (χ3v) is 3.40. The van der Waals surface area contributed by atoms with Crippen molar-refractivity contribution in [3.05, 3.63) is 35.4 Å². The van der Waals surface area contributed by atoms with E-state index >= 15 is 0 Å². The Morgan fingerprint density at radius 3 is 2.59 bits per heavy atom. The number of Topliss-reactive ketones (excluding diaryl/α,β-unsaturated/α-hetero) is 1. The Bertz CT molecular complexity index is 644. The van der Waals surface area contributed by atoms with Gasteiger partial charge in [0, 0.05) is 12.1 Å². The molecule has 1 aromatic rings. The topological polar surface area (TPSA) is 102 Å². The van der Waals surface area contributed by atoms with Gasteiger partial charge >= 0.3 is 11.8 Å². The maximum atomic E-state index is 11.7. The number of likely N-dealkylation sites (tertiary alicyclic amines) is 1. The molecule has 2 rings (SSSR count). The quantitative estimate of drug-likeness (QED) is 0.455. The van der Waals surface area contributed by atoms with Crippen molar-refractivity contribution in [3.8, 4) is 6.19 Å². The van der Waals surface area contributed by atoms with Crippen molar-refractivity contribution < 1.29 is 14.4 Å². The standard InChI is InChI=1S/C15H16N4O3/c1-10(20)13-5-3-2-4-11(13)6-17-14(21)15(22)18-12-7-19(8-12)9-16/h2-5,12H,6-8H2,1H3,(H,17,21)(H,18,22). The summed E-state index contributed by atoms with van der Waals surface area (Å²) in [6.45, 7) is 2.40. The van der Waals surface area contributed by atoms with E-state index < -0.39 is 11.8 Å². The van der Waals surface area contributed by atoms with Gasteiger partial charge in [-0.2, -0.15) is 5.26 Å². The minimum Gasteiger partial charge on any atom is -0.344 e. The van der Waals surface area contributed by atoms with Crippen LogP contribution >= 0.6 is 0 Å². The first-order chi connectivity index (χ1) is 10.5. The van der Waals surface area contributed by atoms with E-state index in [2.05, 4.69) is 10.6 Å². The summed E-state index contributed by atoms with van der Waals surface area (Å²) in [5.41, 5.74) is 1.18. The highest BCUT2D eigenvalue weighted by atomic mass is 16.2. The fraction of sp³-hybridized carbons (Fsp3) is 0.333. The third kappa shape index (κ3) is 3.61. The first-order valence-corrected chi connectivity index (χ1v) is 6.83. The Kier molecular flexibility index (Phi) is 4.73. The predicted molar refractivity (Wildman–Crippen MR) is 77.4 cm³/mol. The van der Waals surface area contributed by atoms with Crippen molar-refractivity contribution in [1.29, 1.82) is 5.26 Å². The number of ketones is 1. The third-order valence-electron chi connectivity index (χ3n) is 3.40. The highest BCUT2D eigenvalue weighted by Crippen LogP contribution is 2.09. The van der Waals surface area contributed by atoms with E-state index in [9.17, 15) is 14.4 Å². The predicted octanol–water partition coefficient (Wildman–Crippen LogP) is -0.213. The van der Waals surface area contributed by atoms with E-state index in [1.165, 1.54) is 11.8 Å². The van der Waals surface area contributed by atoms with E-state index in [1.54, 1.807) is 24.3 Å². The fourth-order valence-electron chi connectivity index (χ4n) is 2.18. The lowest BCUT2D eigenvalue weighted by Crippen LogP contribution is -2.59. The minimum atomic E-state index is -0.756. The fourth-order valence-corrected chi connectivity index (χ4v) is 2.18. The van der Waals surface area contributed by atoms with Crippen LogP contribution in [0.15, 0.2) is 24.3 Å². The van der Waals surface area contributed by atoms with Gasteiger partial charge in [-0.05, 0) is 12.5 Å². The van der Waals surface area contributed by atoms with Crippen LogP contribution in [0.1, 0.15) is 22.8 Å². The second kappa shape index (κ2) is 6.72. The number of rotatable bonds is 4. The maximum Gasteiger partial charge on any atom is 0.309 e. The molecule has 22 heavy (non-hydrogen) atoms. The van der Waals surface area contributed by atoms with Crippen molar-refractivity contribution in [2.75, 3.05) is 13.1 Å². The second-order valence-electron chi connectivity index (χ2n) is 5.07. The zero-order valence-electron chi connectivity index (χ0n) is 12.1. The Morgan fingerprint density at radius 1 is 1.27 bits per heavy atom. The van der Waals surface area contributed by atoms with Gasteiger partial charge in [0.1, 0.15) is 0 Å². The summed E-state index contributed by atoms with van der Waals surface area (Å²) in [5.74, 6) is -1.59. The zero-order chi connectivity index (χ0) is 16.1. The summed E-state index contributed by atoms with van der Waals surface area (Å²) in [4.78, 5) is 36.4. The number of nitriles is 1. The van der Waals surface area contributed by atoms with Crippen LogP contribution in [0.2, 0.25) is 0 Å². The molecule has 1 heterocycles. The summed E-state index contributed by atoms with van der Waals surface area (Å²) in [6.07, 6.45) is 1.95. The summed E-state index contributed by atoms with van der Waals surface area (Å²) in [6, 6.07) is 6.73. The molecule has 1 aromatic carbocycles. The van der Waals surface area contributed by atoms with Crippen LogP contribution in [0.25, 0.3) is 0 Å². The molecular formula is C15H16N4O3. The van der Waals surface area contributed by atoms with E-state index in [1.807, 2.05) is 6.19 Å². The molecule has 7 nitrogen and oxygen atoms in total. The van der Waals surface area contributed by atoms with Gasteiger partial charge in [0.15, 0.2) is 12.0 Å². The molecule has 114 valence electrons. The van der Waals surface area contributed by atoms with Gasteiger partial charge in [-0.15, -0.1) is 0 Å². The Labute approximate surface area is 127 Å². The molecule has 2 amide bonds. The minimum absolute atomic E-state index is 0.0969. The molecule has 1 aliphatic heterocycles. The van der Waals surface area contributed by atoms with Crippen LogP contribution in [0.5, 0.6) is 0 Å². The number of carbonyl (C=O) groups excluding carboxylic acids is 3. The number of carbonyl (C=O) groups is 3. The van der Waals surface area contributed by atoms with Crippen molar-refractivity contribution in [1.82, 2.24) is 15.5 Å². The van der Waals surface area contributed by atoms with Crippen molar-refractivity contribution >= 4 is 17.6 Å². The average molecular weight is 300 g/mol. The summed E-state index contributed by atoms with van der Waals surface area (Å²) >= 11 is 0. The summed E-state index contributed by atoms with van der Waals surface area (Å²) < 4.78 is 0. The second-order valence-corrected chi connectivity index (χ2v) is 5.07. The molecule has 0 radical (unpaired) electrons. The molecule has 0 aromatic heterocycles. The molecule has 0 aliphatic carbocycles. The van der Waals surface area contributed by atoms with Gasteiger partial charge in [-0.3, -0.25) is 14.4 Å². The molecule has 0 saturated carbocycles. The van der Waals surface area contributed by atoms with Crippen molar-refractivity contribution in [2.24, 2.45) is 0 Å². The monoisotopic (exact) mass is 300 g/mol. The van der Waals surface area contributed by atoms with Gasteiger partial charge in [-0.1, -0.05) is 24.3 Å². The average Bonchev–Trinajstić information content (AvgIpc) is 2.47. The first kappa shape index (κ1) is 15.5. The van der Waals surface area contributed by atoms with Gasteiger partial charge in [-0.25, -0.2) is 0 Å². The molecule has 0 unspecified atom stereocenters. The molecule has 1 saturated heterocycles. The van der Waals surface area contributed by atoms with E-state index in [-0.39, 0.29) is 18.4 Å². The summed E-state index contributed by atoms with van der Waals surface area (Å²) in [5, 5.41) is 13.6. The first-order valence-electron chi connectivity index (χ1n) is 6.83. The van der Waals surface area contributed by atoms with Gasteiger partial charge < -0.3 is 15.5 Å². The van der Waals surface area contributed by atoms with E-state index in [0.29, 0.717) is 24.2 Å². The Balaban J connectivity index is 1.84. The molecule has 1 aliphatic rings. The molecular weight excluding hydrogens is 284 g/mol. The number of hydrogen-bond acceptors (Lipinski definition) is 5. The van der Waals surface area contributed by atoms with Crippen molar-refractivity contribution in [2.45, 2.75) is 19.5 Å². The SMILES string of the molecule is CC(=O)c1ccccc1CNC(=O)C(=O)NC1CN(C#N)C1. The van der Waals surface area contributed by atoms with Crippen molar-refractivity contribution in [3.63, 3.8) is 0 Å². The number of amides is 2. The van der Waals surface area contributed by atoms with Crippen LogP contribution in [-0.2, 0) is 16.1 Å². The lowest BCUT2D eigenvalue weighted by molar-refractivity contribution is -0.140. The zero-order valence-corrected chi connectivity index (χ0v) is 12.1. The van der Waals surface area contributed by atoms with Crippen LogP contribution in [0, 0.1) is 11.5 Å². The molecule has 0 spiro atoms. The van der Waals surface area contributed by atoms with Gasteiger partial charge in [0.25, 0.3) is 0 Å². The number of hydrogen-bond donors (Lipinski definition) is 2. The number of nitrogens with one attached hydrogen (secondary N) is 2. The lowest BCUT2D eigenvalue weighted by Gasteiger charge is -2.34. The van der Waals surface area contributed by atoms with Crippen LogP contribution < -0.4 is 10.6 Å². The van der Waals surface area contributed by atoms with Crippen LogP contribution in [-0.4, -0.2) is 41.6 Å². The number of nitrogens with zero attached hydrogens (tertiary/aromatic N) is 2. The Hall–Kier alpha value is -2.88. The van der Waals surface area contributed by atoms with Crippen LogP contribution in [0.3, 0.4) is 0 Å². The highest BCUT2D eigenvalue weighted by molar-refractivity contribution is 6.35. The normalized spacial score (nSPS) is 13.7.